The van der Waals surface area contributed by atoms with Crippen molar-refractivity contribution in [3.63, 3.8) is 0 Å². The first-order valence-corrected chi connectivity index (χ1v) is 31.1. The molecule has 0 atom stereocenters. The molecule has 0 radical (unpaired) electrons. The van der Waals surface area contributed by atoms with Crippen molar-refractivity contribution in [2.45, 2.75) is 139 Å². The van der Waals surface area contributed by atoms with Gasteiger partial charge in [0.1, 0.15) is 6.73 Å². The molecule has 0 spiro atoms. The van der Waals surface area contributed by atoms with E-state index in [1.807, 2.05) is 7.05 Å². The number of H-pyrrole nitrogens is 1. The second kappa shape index (κ2) is 20.4. The van der Waals surface area contributed by atoms with Gasteiger partial charge in [-0.25, -0.2) is 26.6 Å². The predicted octanol–water partition coefficient (Wildman–Crippen LogP) is 6.80. The highest BCUT2D eigenvalue weighted by Crippen LogP contribution is 2.41. The Morgan fingerprint density at radius 2 is 1.18 bits per heavy atom. The van der Waals surface area contributed by atoms with Crippen LogP contribution in [-0.2, 0) is 81.9 Å². The number of nitrogens with one attached hydrogen (secondary N) is 3. The Morgan fingerprint density at radius 1 is 0.677 bits per heavy atom. The zero-order valence-corrected chi connectivity index (χ0v) is 42.3. The third kappa shape index (κ3) is 11.6. The van der Waals surface area contributed by atoms with Crippen molar-refractivity contribution in [3.05, 3.63) is 56.6 Å². The summed E-state index contributed by atoms with van der Waals surface area (Å²) in [4.78, 5) is 13.0. The zero-order valence-electron chi connectivity index (χ0n) is 38.9. The van der Waals surface area contributed by atoms with E-state index in [0.29, 0.717) is 31.6 Å². The summed E-state index contributed by atoms with van der Waals surface area (Å²) in [6.07, 6.45) is 17.5. The van der Waals surface area contributed by atoms with Crippen molar-refractivity contribution in [1.82, 2.24) is 44.1 Å². The molecule has 65 heavy (non-hydrogen) atoms. The minimum absolute atomic E-state index is 0.0798. The Hall–Kier alpha value is -3.43. The van der Waals surface area contributed by atoms with Gasteiger partial charge in [0.15, 0.2) is 0 Å². The third-order valence-electron chi connectivity index (χ3n) is 13.6. The van der Waals surface area contributed by atoms with Gasteiger partial charge in [-0.15, -0.1) is 10.2 Å². The average molecular weight is 971 g/mol. The van der Waals surface area contributed by atoms with Crippen LogP contribution in [0.3, 0.4) is 0 Å². The number of fused-ring (bicyclic) bond motifs is 4. The summed E-state index contributed by atoms with van der Waals surface area (Å²) < 4.78 is 58.2. The maximum absolute atomic E-state index is 12.9. The maximum Gasteiger partial charge on any atom is 0.298 e. The predicted molar refractivity (Wildman–Crippen MR) is 259 cm³/mol. The maximum atomic E-state index is 12.9. The van der Waals surface area contributed by atoms with Crippen LogP contribution in [0.4, 0.5) is 23.3 Å². The quantitative estimate of drug-likeness (QED) is 0.0766. The molecule has 0 unspecified atom stereocenters. The Bertz CT molecular complexity index is 2480. The molecule has 6 aliphatic rings. The summed E-state index contributed by atoms with van der Waals surface area (Å²) in [5.41, 5.74) is 13.2. The fourth-order valence-corrected chi connectivity index (χ4v) is 12.5. The number of halogens is 1. The number of ether oxygens (including phenoxy) is 1. The topological polar surface area (TPSA) is 184 Å². The zero-order chi connectivity index (χ0) is 45.9. The third-order valence-corrected chi connectivity index (χ3v) is 18.0. The molecule has 20 heteroatoms. The van der Waals surface area contributed by atoms with Crippen LogP contribution in [0.5, 0.6) is 0 Å². The molecule has 10 rings (SSSR count). The second-order valence-corrected chi connectivity index (χ2v) is 29.7. The number of benzene rings is 2. The summed E-state index contributed by atoms with van der Waals surface area (Å²) in [7, 11) is 0.821. The number of hydrogen-bond donors (Lipinski definition) is 3. The Morgan fingerprint density at radius 3 is 1.66 bits per heavy atom. The van der Waals surface area contributed by atoms with E-state index in [-0.39, 0.29) is 11.9 Å². The van der Waals surface area contributed by atoms with Gasteiger partial charge in [-0.05, 0) is 168 Å². The summed E-state index contributed by atoms with van der Waals surface area (Å²) in [5.74, 6) is 0.693. The van der Waals surface area contributed by atoms with Crippen LogP contribution >= 0.6 is 10.7 Å². The molecule has 4 aliphatic carbocycles. The Balaban J connectivity index is 0.000000154. The molecule has 2 aliphatic heterocycles. The molecule has 4 aromatic rings. The van der Waals surface area contributed by atoms with Crippen LogP contribution in [-0.4, -0.2) is 129 Å². The molecular formula is C45H68ClN11O5S2Si. The summed E-state index contributed by atoms with van der Waals surface area (Å²) in [6.45, 7) is 12.6. The molecule has 2 aromatic heterocycles. The first-order valence-electron chi connectivity index (χ1n) is 23.7. The van der Waals surface area contributed by atoms with E-state index in [0.717, 1.165) is 94.7 Å². The molecule has 356 valence electrons. The molecule has 16 nitrogen and oxygen atoms in total. The van der Waals surface area contributed by atoms with Crippen LogP contribution in [0.1, 0.15) is 89.5 Å². The SMILES string of the molecule is CN1CCCCC1.CN1CCN(S(=O)(=O)c2nc(Nc3c4c(cc5c3CCC5)CCC4)n[nH]2)CC1.C[Si](C)(C)CCOCn1nc(S(=O)(=O)Cl)nc1Nc1c2c(cc3c1CCC3)CCC2. The lowest BCUT2D eigenvalue weighted by Crippen LogP contribution is -2.47. The van der Waals surface area contributed by atoms with Gasteiger partial charge in [-0.3, -0.25) is 0 Å². The number of hydrogen-bond acceptors (Lipinski definition) is 13. The number of aromatic nitrogens is 6. The van der Waals surface area contributed by atoms with Gasteiger partial charge in [0.2, 0.25) is 11.9 Å². The number of anilines is 4. The van der Waals surface area contributed by atoms with Crippen molar-refractivity contribution >= 4 is 61.1 Å². The van der Waals surface area contributed by atoms with Gasteiger partial charge in [0, 0.05) is 62.9 Å². The van der Waals surface area contributed by atoms with Crippen molar-refractivity contribution < 1.29 is 21.6 Å². The number of likely N-dealkylation sites (N-methyl/N-ethyl adjacent to an activating group) is 1. The monoisotopic (exact) mass is 969 g/mol. The number of aryl methyl sites for hydroxylation is 4. The minimum Gasteiger partial charge on any atom is -0.359 e. The lowest BCUT2D eigenvalue weighted by Gasteiger charge is -2.30. The molecule has 3 N–H and O–H groups in total. The van der Waals surface area contributed by atoms with Crippen molar-refractivity contribution in [2.75, 3.05) is 70.6 Å². The van der Waals surface area contributed by atoms with Crippen LogP contribution in [0.25, 0.3) is 0 Å². The molecule has 4 heterocycles. The van der Waals surface area contributed by atoms with E-state index in [1.165, 1.54) is 98.7 Å². The number of rotatable bonds is 12. The fourth-order valence-electron chi connectivity index (χ4n) is 9.92. The van der Waals surface area contributed by atoms with Crippen molar-refractivity contribution in [1.29, 1.82) is 0 Å². The van der Waals surface area contributed by atoms with E-state index >= 15 is 0 Å². The molecule has 0 bridgehead atoms. The van der Waals surface area contributed by atoms with Gasteiger partial charge in [0.05, 0.1) is 0 Å². The smallest absolute Gasteiger partial charge is 0.298 e. The summed E-state index contributed by atoms with van der Waals surface area (Å²) in [6, 6.07) is 5.75. The number of piperidine rings is 1. The van der Waals surface area contributed by atoms with Crippen molar-refractivity contribution in [2.24, 2.45) is 0 Å². The van der Waals surface area contributed by atoms with Crippen LogP contribution in [0.2, 0.25) is 25.7 Å². The van der Waals surface area contributed by atoms with Crippen LogP contribution in [0.15, 0.2) is 22.4 Å². The summed E-state index contributed by atoms with van der Waals surface area (Å²) in [5, 5.41) is 17.2. The lowest BCUT2D eigenvalue weighted by atomic mass is 9.99. The average Bonchev–Trinajstić information content (AvgIpc) is 4.12. The molecule has 2 fully saturated rings. The minimum atomic E-state index is -4.03. The molecule has 0 saturated carbocycles. The molecule has 0 amide bonds. The van der Waals surface area contributed by atoms with E-state index in [1.54, 1.807) is 0 Å². The Kier molecular flexibility index (Phi) is 15.1. The fraction of sp³-hybridized carbons (Fsp3) is 0.644. The Labute approximate surface area is 391 Å². The number of piperazine rings is 1. The molecule has 2 saturated heterocycles. The number of aromatic amines is 1. The van der Waals surface area contributed by atoms with E-state index in [4.69, 9.17) is 15.4 Å². The van der Waals surface area contributed by atoms with E-state index < -0.39 is 32.3 Å². The van der Waals surface area contributed by atoms with Crippen LogP contribution < -0.4 is 10.6 Å². The highest BCUT2D eigenvalue weighted by Gasteiger charge is 2.32. The lowest BCUT2D eigenvalue weighted by molar-refractivity contribution is 0.0792. The summed E-state index contributed by atoms with van der Waals surface area (Å²) >= 11 is 0. The van der Waals surface area contributed by atoms with Gasteiger partial charge in [-0.2, -0.15) is 14.3 Å². The first-order chi connectivity index (χ1) is 31.0. The highest BCUT2D eigenvalue weighted by molar-refractivity contribution is 8.13. The number of likely N-dealkylation sites (tertiary alicyclic amines) is 1. The van der Waals surface area contributed by atoms with E-state index in [9.17, 15) is 16.8 Å². The molecular weight excluding hydrogens is 902 g/mol. The number of sulfonamides is 1. The number of nitrogens with zero attached hydrogens (tertiary/aromatic N) is 8. The normalized spacial score (nSPS) is 18.9. The second-order valence-electron chi connectivity index (χ2n) is 19.8. The van der Waals surface area contributed by atoms with Gasteiger partial charge in [-0.1, -0.05) is 38.2 Å². The standard InChI is InChI=1S/C20H29ClN4O3SSi.C19H26N6O2S.C6H13N/c1-30(2,3)11-10-28-13-25-19(23-20(24-25)29(21,26)27)22-18-16-8-4-6-14(16)12-15-7-5-9-17(15)18;1-24-8-10-25(11-9-24)28(26,27)19-21-18(22-23-19)20-17-15-6-2-4-13(15)12-14-5-3-7-16(14)17;1-7-5-3-2-4-6-7/h12H,4-11,13H2,1-3H3,(H,22,23,24);12H,2-11H2,1H3,(H2,20,21,22,23);2-6H2,1H3. The van der Waals surface area contributed by atoms with Gasteiger partial charge in [0.25, 0.3) is 29.4 Å². The highest BCUT2D eigenvalue weighted by atomic mass is 35.7. The first kappa shape index (κ1) is 48.0. The van der Waals surface area contributed by atoms with Crippen molar-refractivity contribution in [3.8, 4) is 0 Å². The van der Waals surface area contributed by atoms with E-state index in [2.05, 4.69) is 84.5 Å². The van der Waals surface area contributed by atoms with Gasteiger partial charge < -0.3 is 25.2 Å². The van der Waals surface area contributed by atoms with Gasteiger partial charge >= 0.3 is 0 Å². The van der Waals surface area contributed by atoms with Crippen LogP contribution in [0, 0.1) is 0 Å². The molecule has 2 aromatic carbocycles. The largest absolute Gasteiger partial charge is 0.359 e.